The monoisotopic (exact) mass is 371 g/mol. The lowest BCUT2D eigenvalue weighted by atomic mass is 10.2. The quantitative estimate of drug-likeness (QED) is 0.783. The number of para-hydroxylation sites is 1. The highest BCUT2D eigenvalue weighted by molar-refractivity contribution is 6.32. The van der Waals surface area contributed by atoms with Gasteiger partial charge in [-0.2, -0.15) is 0 Å². The largest absolute Gasteiger partial charge is 0.349 e. The number of benzene rings is 1. The summed E-state index contributed by atoms with van der Waals surface area (Å²) in [7, 11) is 0. The summed E-state index contributed by atoms with van der Waals surface area (Å²) in [5, 5.41) is 7.69. The molecule has 1 aromatic heterocycles. The first-order chi connectivity index (χ1) is 11.0. The lowest BCUT2D eigenvalue weighted by Crippen LogP contribution is -2.29. The fourth-order valence-electron chi connectivity index (χ4n) is 2.13. The molecule has 0 spiro atoms. The normalized spacial score (nSPS) is 11.7. The zero-order valence-corrected chi connectivity index (χ0v) is 15.4. The van der Waals surface area contributed by atoms with Crippen LogP contribution in [-0.4, -0.2) is 33.3 Å². The Morgan fingerprint density at radius 2 is 2.12 bits per heavy atom. The van der Waals surface area contributed by atoms with Gasteiger partial charge in [0.05, 0.1) is 10.7 Å². The zero-order chi connectivity index (χ0) is 16.8. The maximum Gasteiger partial charge on any atom is 0.290 e. The summed E-state index contributed by atoms with van der Waals surface area (Å²) in [6.07, 6.45) is 2.32. The molecule has 0 fully saturated rings. The maximum atomic E-state index is 12.2. The summed E-state index contributed by atoms with van der Waals surface area (Å²) >= 11 is 6.24. The highest BCUT2D eigenvalue weighted by Gasteiger charge is 2.18. The highest BCUT2D eigenvalue weighted by atomic mass is 35.5. The SMILES string of the molecule is CCCc1nc(C(=O)NCCC(C)N)nn1-c1ccccc1Cl.Cl. The van der Waals surface area contributed by atoms with Crippen LogP contribution in [0.1, 0.15) is 43.1 Å². The first-order valence-corrected chi connectivity index (χ1v) is 8.15. The van der Waals surface area contributed by atoms with Crippen LogP contribution in [0.25, 0.3) is 5.69 Å². The average Bonchev–Trinajstić information content (AvgIpc) is 2.91. The Balaban J connectivity index is 0.00000288. The van der Waals surface area contributed by atoms with Crippen molar-refractivity contribution in [1.82, 2.24) is 20.1 Å². The first-order valence-electron chi connectivity index (χ1n) is 7.77. The third-order valence-corrected chi connectivity index (χ3v) is 3.64. The van der Waals surface area contributed by atoms with E-state index in [1.807, 2.05) is 32.0 Å². The molecule has 1 aromatic carbocycles. The molecule has 0 saturated carbocycles. The van der Waals surface area contributed by atoms with Crippen LogP contribution >= 0.6 is 24.0 Å². The molecule has 1 amide bonds. The minimum Gasteiger partial charge on any atom is -0.349 e. The van der Waals surface area contributed by atoms with Crippen LogP contribution in [-0.2, 0) is 6.42 Å². The Labute approximate surface area is 153 Å². The molecule has 0 bridgehead atoms. The van der Waals surface area contributed by atoms with Crippen LogP contribution in [0.15, 0.2) is 24.3 Å². The number of aromatic nitrogens is 3. The Hall–Kier alpha value is -1.63. The molecule has 0 radical (unpaired) electrons. The molecular weight excluding hydrogens is 349 g/mol. The second-order valence-electron chi connectivity index (χ2n) is 5.49. The average molecular weight is 372 g/mol. The van der Waals surface area contributed by atoms with Crippen molar-refractivity contribution in [2.24, 2.45) is 5.73 Å². The van der Waals surface area contributed by atoms with Crippen LogP contribution in [0.3, 0.4) is 0 Å². The van der Waals surface area contributed by atoms with Crippen LogP contribution in [0.2, 0.25) is 5.02 Å². The van der Waals surface area contributed by atoms with Crippen molar-refractivity contribution in [2.75, 3.05) is 6.54 Å². The number of amides is 1. The fourth-order valence-corrected chi connectivity index (χ4v) is 2.35. The molecule has 3 N–H and O–H groups in total. The van der Waals surface area contributed by atoms with Gasteiger partial charge in [-0.1, -0.05) is 30.7 Å². The molecule has 1 heterocycles. The molecule has 1 unspecified atom stereocenters. The lowest BCUT2D eigenvalue weighted by molar-refractivity contribution is 0.0942. The van der Waals surface area contributed by atoms with E-state index >= 15 is 0 Å². The van der Waals surface area contributed by atoms with Gasteiger partial charge >= 0.3 is 0 Å². The van der Waals surface area contributed by atoms with E-state index in [-0.39, 0.29) is 30.2 Å². The van der Waals surface area contributed by atoms with Gasteiger partial charge in [0.15, 0.2) is 0 Å². The van der Waals surface area contributed by atoms with Gasteiger partial charge in [0.25, 0.3) is 5.91 Å². The summed E-state index contributed by atoms with van der Waals surface area (Å²) in [6, 6.07) is 7.41. The topological polar surface area (TPSA) is 85.8 Å². The third kappa shape index (κ3) is 5.19. The van der Waals surface area contributed by atoms with Crippen LogP contribution < -0.4 is 11.1 Å². The first kappa shape index (κ1) is 20.4. The number of nitrogens with two attached hydrogens (primary N) is 1. The predicted octanol–water partition coefficient (Wildman–Crippen LogP) is 2.76. The van der Waals surface area contributed by atoms with Crippen molar-refractivity contribution in [3.05, 3.63) is 40.9 Å². The van der Waals surface area contributed by atoms with Gasteiger partial charge < -0.3 is 11.1 Å². The van der Waals surface area contributed by atoms with Gasteiger partial charge in [-0.3, -0.25) is 4.79 Å². The molecular formula is C16H23Cl2N5O. The van der Waals surface area contributed by atoms with Gasteiger partial charge in [0.2, 0.25) is 5.82 Å². The van der Waals surface area contributed by atoms with Crippen molar-refractivity contribution in [3.63, 3.8) is 0 Å². The number of carbonyl (C=O) groups excluding carboxylic acids is 1. The molecule has 8 heteroatoms. The molecule has 132 valence electrons. The van der Waals surface area contributed by atoms with E-state index in [1.165, 1.54) is 0 Å². The maximum absolute atomic E-state index is 12.2. The minimum absolute atomic E-state index is 0. The molecule has 2 aromatic rings. The Kier molecular flexibility index (Phi) is 8.18. The van der Waals surface area contributed by atoms with Gasteiger partial charge in [0.1, 0.15) is 5.82 Å². The zero-order valence-electron chi connectivity index (χ0n) is 13.8. The summed E-state index contributed by atoms with van der Waals surface area (Å²) in [4.78, 5) is 16.6. The number of hydrogen-bond donors (Lipinski definition) is 2. The van der Waals surface area contributed by atoms with E-state index in [0.29, 0.717) is 24.4 Å². The molecule has 24 heavy (non-hydrogen) atoms. The second kappa shape index (κ2) is 9.61. The number of carbonyl (C=O) groups is 1. The van der Waals surface area contributed by atoms with E-state index < -0.39 is 0 Å². The van der Waals surface area contributed by atoms with Crippen molar-refractivity contribution in [3.8, 4) is 5.69 Å². The summed E-state index contributed by atoms with van der Waals surface area (Å²) in [6.45, 7) is 4.45. The summed E-state index contributed by atoms with van der Waals surface area (Å²) in [5.41, 5.74) is 6.40. The lowest BCUT2D eigenvalue weighted by Gasteiger charge is -2.06. The molecule has 0 aliphatic rings. The van der Waals surface area contributed by atoms with Crippen LogP contribution in [0, 0.1) is 0 Å². The minimum atomic E-state index is -0.297. The molecule has 6 nitrogen and oxygen atoms in total. The summed E-state index contributed by atoms with van der Waals surface area (Å²) in [5.74, 6) is 0.574. The van der Waals surface area contributed by atoms with Crippen molar-refractivity contribution in [2.45, 2.75) is 39.2 Å². The summed E-state index contributed by atoms with van der Waals surface area (Å²) < 4.78 is 1.65. The standard InChI is InChI=1S/C16H22ClN5O.ClH/c1-3-6-14-20-15(16(23)19-10-9-11(2)18)21-22(14)13-8-5-4-7-12(13)17;/h4-5,7-8,11H,3,6,9-10,18H2,1-2H3,(H,19,23);1H. The second-order valence-corrected chi connectivity index (χ2v) is 5.89. The molecule has 0 aliphatic carbocycles. The van der Waals surface area contributed by atoms with Crippen LogP contribution in [0.5, 0.6) is 0 Å². The molecule has 1 atom stereocenters. The van der Waals surface area contributed by atoms with E-state index in [9.17, 15) is 4.79 Å². The number of hydrogen-bond acceptors (Lipinski definition) is 4. The fraction of sp³-hybridized carbons (Fsp3) is 0.438. The Morgan fingerprint density at radius 1 is 1.42 bits per heavy atom. The molecule has 0 saturated heterocycles. The molecule has 0 aliphatic heterocycles. The third-order valence-electron chi connectivity index (χ3n) is 3.32. The van der Waals surface area contributed by atoms with Crippen LogP contribution in [0.4, 0.5) is 0 Å². The van der Waals surface area contributed by atoms with Gasteiger partial charge in [-0.05, 0) is 31.9 Å². The van der Waals surface area contributed by atoms with Gasteiger partial charge in [-0.15, -0.1) is 17.5 Å². The van der Waals surface area contributed by atoms with Crippen molar-refractivity contribution >= 4 is 29.9 Å². The Morgan fingerprint density at radius 3 is 2.75 bits per heavy atom. The van der Waals surface area contributed by atoms with Gasteiger partial charge in [0, 0.05) is 19.0 Å². The van der Waals surface area contributed by atoms with E-state index in [0.717, 1.165) is 17.9 Å². The smallest absolute Gasteiger partial charge is 0.290 e. The van der Waals surface area contributed by atoms with Crippen molar-refractivity contribution in [1.29, 1.82) is 0 Å². The van der Waals surface area contributed by atoms with Gasteiger partial charge in [-0.25, -0.2) is 9.67 Å². The van der Waals surface area contributed by atoms with E-state index in [1.54, 1.807) is 10.7 Å². The Bertz CT molecular complexity index is 672. The number of nitrogens with zero attached hydrogens (tertiary/aromatic N) is 3. The number of halogens is 2. The van der Waals surface area contributed by atoms with E-state index in [4.69, 9.17) is 17.3 Å². The van der Waals surface area contributed by atoms with E-state index in [2.05, 4.69) is 15.4 Å². The highest BCUT2D eigenvalue weighted by Crippen LogP contribution is 2.21. The molecule has 2 rings (SSSR count). The number of rotatable bonds is 7. The number of nitrogens with one attached hydrogen (secondary N) is 1. The predicted molar refractivity (Wildman–Crippen MR) is 98.2 cm³/mol. The number of aryl methyl sites for hydroxylation is 1. The van der Waals surface area contributed by atoms with Crippen molar-refractivity contribution < 1.29 is 4.79 Å².